The van der Waals surface area contributed by atoms with E-state index in [-0.39, 0.29) is 29.6 Å². The molecule has 1 saturated heterocycles. The minimum Gasteiger partial charge on any atom is -0.494 e. The highest BCUT2D eigenvalue weighted by Crippen LogP contribution is 2.30. The molecule has 0 bridgehead atoms. The van der Waals surface area contributed by atoms with Crippen LogP contribution in [0.1, 0.15) is 12.8 Å². The molecule has 0 saturated carbocycles. The Hall–Kier alpha value is -2.89. The van der Waals surface area contributed by atoms with Gasteiger partial charge in [0.1, 0.15) is 5.82 Å². The number of sulfonamides is 1. The highest BCUT2D eigenvalue weighted by molar-refractivity contribution is 7.89. The Morgan fingerprint density at radius 1 is 1.21 bits per heavy atom. The van der Waals surface area contributed by atoms with E-state index in [2.05, 4.69) is 10.3 Å². The smallest absolute Gasteiger partial charge is 0.243 e. The molecule has 1 aromatic heterocycles. The molecule has 1 N–H and O–H groups in total. The summed E-state index contributed by atoms with van der Waals surface area (Å²) in [6.45, 7) is 0.307. The summed E-state index contributed by atoms with van der Waals surface area (Å²) in [5.74, 6) is -1.81. The SMILES string of the molecule is COc1ccc(-c2csc(NC(=O)C3CCCN(S(=O)(=O)c4ccc(F)cc4)C3)n2)cc1F. The molecule has 3 aromatic rings. The van der Waals surface area contributed by atoms with Gasteiger partial charge in [-0.1, -0.05) is 0 Å². The lowest BCUT2D eigenvalue weighted by Crippen LogP contribution is -2.43. The molecule has 0 aliphatic carbocycles. The zero-order chi connectivity index (χ0) is 23.6. The molecule has 1 atom stereocenters. The Labute approximate surface area is 194 Å². The topological polar surface area (TPSA) is 88.6 Å². The van der Waals surface area contributed by atoms with Crippen LogP contribution >= 0.6 is 11.3 Å². The number of hydrogen-bond donors (Lipinski definition) is 1. The molecule has 2 heterocycles. The molecule has 7 nitrogen and oxygen atoms in total. The standard InChI is InChI=1S/C22H21F2N3O4S2/c1-31-20-9-4-14(11-18(20)24)19-13-32-22(25-19)26-21(28)15-3-2-10-27(12-15)33(29,30)17-7-5-16(23)6-8-17/h4-9,11,13,15H,2-3,10,12H2,1H3,(H,25,26,28). The van der Waals surface area contributed by atoms with Crippen molar-refractivity contribution in [2.75, 3.05) is 25.5 Å². The summed E-state index contributed by atoms with van der Waals surface area (Å²) in [7, 11) is -2.45. The number of ether oxygens (including phenoxy) is 1. The third kappa shape index (κ3) is 5.05. The van der Waals surface area contributed by atoms with Crippen molar-refractivity contribution >= 4 is 32.4 Å². The van der Waals surface area contributed by atoms with Gasteiger partial charge in [-0.05, 0) is 55.3 Å². The lowest BCUT2D eigenvalue weighted by atomic mass is 9.99. The van der Waals surface area contributed by atoms with Crippen molar-refractivity contribution in [3.05, 3.63) is 59.5 Å². The van der Waals surface area contributed by atoms with E-state index in [4.69, 9.17) is 4.74 Å². The number of carbonyl (C=O) groups is 1. The van der Waals surface area contributed by atoms with Gasteiger partial charge in [0.05, 0.1) is 23.6 Å². The number of thiazole rings is 1. The van der Waals surface area contributed by atoms with E-state index in [0.29, 0.717) is 29.2 Å². The largest absolute Gasteiger partial charge is 0.494 e. The second-order valence-electron chi connectivity index (χ2n) is 7.53. The average molecular weight is 494 g/mol. The second kappa shape index (κ2) is 9.54. The summed E-state index contributed by atoms with van der Waals surface area (Å²) in [5.41, 5.74) is 1.04. The van der Waals surface area contributed by atoms with Crippen molar-refractivity contribution in [2.45, 2.75) is 17.7 Å². The summed E-state index contributed by atoms with van der Waals surface area (Å²) >= 11 is 1.19. The Morgan fingerprint density at radius 2 is 1.97 bits per heavy atom. The number of nitrogens with one attached hydrogen (secondary N) is 1. The fourth-order valence-electron chi connectivity index (χ4n) is 3.63. The number of benzene rings is 2. The molecule has 0 spiro atoms. The van der Waals surface area contributed by atoms with Gasteiger partial charge in [0.25, 0.3) is 0 Å². The molecule has 1 amide bonds. The zero-order valence-corrected chi connectivity index (χ0v) is 19.3. The van der Waals surface area contributed by atoms with Crippen LogP contribution in [-0.2, 0) is 14.8 Å². The third-order valence-electron chi connectivity index (χ3n) is 5.39. The number of halogens is 2. The molecule has 33 heavy (non-hydrogen) atoms. The first kappa shape index (κ1) is 23.3. The van der Waals surface area contributed by atoms with Crippen molar-refractivity contribution in [3.8, 4) is 17.0 Å². The number of piperidine rings is 1. The molecule has 4 rings (SSSR count). The quantitative estimate of drug-likeness (QED) is 0.558. The van der Waals surface area contributed by atoms with Crippen LogP contribution in [0.15, 0.2) is 52.7 Å². The fraction of sp³-hybridized carbons (Fsp3) is 0.273. The van der Waals surface area contributed by atoms with E-state index in [0.717, 1.165) is 12.1 Å². The van der Waals surface area contributed by atoms with E-state index in [9.17, 15) is 22.0 Å². The first-order valence-corrected chi connectivity index (χ1v) is 12.5. The Kier molecular flexibility index (Phi) is 6.73. The number of anilines is 1. The summed E-state index contributed by atoms with van der Waals surface area (Å²) in [6.07, 6.45) is 1.05. The number of amides is 1. The van der Waals surface area contributed by atoms with E-state index < -0.39 is 27.6 Å². The van der Waals surface area contributed by atoms with E-state index >= 15 is 0 Å². The predicted octanol–water partition coefficient (Wildman–Crippen LogP) is 4.14. The predicted molar refractivity (Wildman–Crippen MR) is 121 cm³/mol. The Balaban J connectivity index is 1.44. The molecule has 1 fully saturated rings. The molecule has 1 aliphatic rings. The van der Waals surface area contributed by atoms with Crippen molar-refractivity contribution in [3.63, 3.8) is 0 Å². The monoisotopic (exact) mass is 493 g/mol. The first-order chi connectivity index (χ1) is 15.8. The number of aromatic nitrogens is 1. The van der Waals surface area contributed by atoms with Gasteiger partial charge in [0, 0.05) is 24.0 Å². The number of methoxy groups -OCH3 is 1. The lowest BCUT2D eigenvalue weighted by Gasteiger charge is -2.31. The van der Waals surface area contributed by atoms with Crippen LogP contribution in [0.2, 0.25) is 0 Å². The van der Waals surface area contributed by atoms with Crippen LogP contribution in [0.4, 0.5) is 13.9 Å². The van der Waals surface area contributed by atoms with Gasteiger partial charge >= 0.3 is 0 Å². The van der Waals surface area contributed by atoms with E-state index in [1.165, 1.54) is 47.0 Å². The van der Waals surface area contributed by atoms with Crippen molar-refractivity contribution < 1.29 is 26.7 Å². The minimum absolute atomic E-state index is 0.0127. The van der Waals surface area contributed by atoms with E-state index in [1.807, 2.05) is 0 Å². The average Bonchev–Trinajstić information content (AvgIpc) is 3.28. The molecule has 1 aliphatic heterocycles. The molecule has 11 heteroatoms. The Bertz CT molecular complexity index is 1260. The highest BCUT2D eigenvalue weighted by atomic mass is 32.2. The molecular weight excluding hydrogens is 472 g/mol. The van der Waals surface area contributed by atoms with Gasteiger partial charge in [-0.3, -0.25) is 4.79 Å². The maximum Gasteiger partial charge on any atom is 0.243 e. The van der Waals surface area contributed by atoms with Crippen LogP contribution in [0.25, 0.3) is 11.3 Å². The fourth-order valence-corrected chi connectivity index (χ4v) is 5.87. The summed E-state index contributed by atoms with van der Waals surface area (Å²) in [6, 6.07) is 9.09. The van der Waals surface area contributed by atoms with Crippen molar-refractivity contribution in [1.29, 1.82) is 0 Å². The number of hydrogen-bond acceptors (Lipinski definition) is 6. The van der Waals surface area contributed by atoms with Crippen LogP contribution in [0.5, 0.6) is 5.75 Å². The van der Waals surface area contributed by atoms with Crippen LogP contribution < -0.4 is 10.1 Å². The van der Waals surface area contributed by atoms with Crippen molar-refractivity contribution in [1.82, 2.24) is 9.29 Å². The molecular formula is C22H21F2N3O4S2. The van der Waals surface area contributed by atoms with Gasteiger partial charge in [-0.15, -0.1) is 11.3 Å². The molecule has 174 valence electrons. The lowest BCUT2D eigenvalue weighted by molar-refractivity contribution is -0.120. The molecule has 1 unspecified atom stereocenters. The van der Waals surface area contributed by atoms with Crippen LogP contribution in [0, 0.1) is 17.6 Å². The van der Waals surface area contributed by atoms with Gasteiger partial charge in [0.2, 0.25) is 15.9 Å². The maximum atomic E-state index is 14.0. The number of nitrogens with zero attached hydrogens (tertiary/aromatic N) is 2. The second-order valence-corrected chi connectivity index (χ2v) is 10.3. The maximum absolute atomic E-state index is 14.0. The Morgan fingerprint density at radius 3 is 2.67 bits per heavy atom. The molecule has 2 aromatic carbocycles. The van der Waals surface area contributed by atoms with Crippen LogP contribution in [-0.4, -0.2) is 43.8 Å². The summed E-state index contributed by atoms with van der Waals surface area (Å²) in [4.78, 5) is 17.1. The third-order valence-corrected chi connectivity index (χ3v) is 8.03. The van der Waals surface area contributed by atoms with Gasteiger partial charge in [-0.2, -0.15) is 4.31 Å². The highest BCUT2D eigenvalue weighted by Gasteiger charge is 2.33. The summed E-state index contributed by atoms with van der Waals surface area (Å²) in [5, 5.41) is 4.77. The number of rotatable bonds is 6. The van der Waals surface area contributed by atoms with Crippen molar-refractivity contribution in [2.24, 2.45) is 5.92 Å². The first-order valence-electron chi connectivity index (χ1n) is 10.1. The van der Waals surface area contributed by atoms with Gasteiger partial charge in [0.15, 0.2) is 16.7 Å². The summed E-state index contributed by atoms with van der Waals surface area (Å²) < 4.78 is 59.1. The minimum atomic E-state index is -3.83. The molecule has 0 radical (unpaired) electrons. The van der Waals surface area contributed by atoms with Crippen LogP contribution in [0.3, 0.4) is 0 Å². The van der Waals surface area contributed by atoms with Gasteiger partial charge < -0.3 is 10.1 Å². The van der Waals surface area contributed by atoms with Gasteiger partial charge in [-0.25, -0.2) is 22.2 Å². The normalized spacial score (nSPS) is 17.0. The zero-order valence-electron chi connectivity index (χ0n) is 17.6. The van der Waals surface area contributed by atoms with E-state index in [1.54, 1.807) is 11.4 Å². The number of carbonyl (C=O) groups excluding carboxylic acids is 1.